The van der Waals surface area contributed by atoms with Crippen molar-refractivity contribution in [2.45, 2.75) is 0 Å². The number of rotatable bonds is 0. The Morgan fingerprint density at radius 2 is 1.80 bits per heavy atom. The highest BCUT2D eigenvalue weighted by atomic mass is 14.7. The van der Waals surface area contributed by atoms with Gasteiger partial charge in [0.2, 0.25) is 0 Å². The highest BCUT2D eigenvalue weighted by molar-refractivity contribution is 5.59. The van der Waals surface area contributed by atoms with Crippen molar-refractivity contribution in [1.29, 1.82) is 0 Å². The van der Waals surface area contributed by atoms with Crippen LogP contribution in [0, 0.1) is 0 Å². The first-order chi connectivity index (χ1) is 4.97. The summed E-state index contributed by atoms with van der Waals surface area (Å²) in [5.41, 5.74) is 2.13. The van der Waals surface area contributed by atoms with E-state index in [2.05, 4.69) is 9.97 Å². The van der Waals surface area contributed by atoms with Crippen molar-refractivity contribution in [3.8, 4) is 11.3 Å². The largest absolute Gasteiger partial charge is 1.00 e. The van der Waals surface area contributed by atoms with Crippen LogP contribution in [0.2, 0.25) is 0 Å². The summed E-state index contributed by atoms with van der Waals surface area (Å²) in [5.74, 6) is 0. The molecule has 10 heavy (non-hydrogen) atoms. The fraction of sp³-hybridized carbons (Fsp3) is 0. The molecular weight excluding hydrogens is 124 g/mol. The molecule has 2 heterocycles. The molecule has 2 heteroatoms. The first-order valence-electron chi connectivity index (χ1n) is 3.11. The molecule has 0 N–H and O–H groups in total. The number of nitrogens with zero attached hydrogens (tertiary/aromatic N) is 2. The maximum atomic E-state index is 4.12. The standard InChI is InChI=1S/C8H6N2/c1-4-9-5-3-8-7(1)2-6-10-8/h1-6H/p+1. The van der Waals surface area contributed by atoms with E-state index in [9.17, 15) is 0 Å². The van der Waals surface area contributed by atoms with E-state index in [1.54, 1.807) is 18.6 Å². The summed E-state index contributed by atoms with van der Waals surface area (Å²) >= 11 is 0. The Bertz CT molecular complexity index is 283. The van der Waals surface area contributed by atoms with Gasteiger partial charge in [-0.1, -0.05) is 0 Å². The quantitative estimate of drug-likeness (QED) is 0.543. The Morgan fingerprint density at radius 3 is 2.80 bits per heavy atom. The van der Waals surface area contributed by atoms with E-state index >= 15 is 0 Å². The number of hydrogen-bond donors (Lipinski definition) is 0. The van der Waals surface area contributed by atoms with Crippen LogP contribution in [-0.2, 0) is 0 Å². The van der Waals surface area contributed by atoms with Crippen molar-refractivity contribution in [2.24, 2.45) is 0 Å². The molecule has 0 bridgehead atoms. The zero-order valence-corrected chi connectivity index (χ0v) is 5.36. The summed E-state index contributed by atoms with van der Waals surface area (Å²) < 4.78 is 0. The highest BCUT2D eigenvalue weighted by Crippen LogP contribution is 2.15. The summed E-state index contributed by atoms with van der Waals surface area (Å²) in [6.45, 7) is 0. The summed E-state index contributed by atoms with van der Waals surface area (Å²) in [6.07, 6.45) is 5.31. The van der Waals surface area contributed by atoms with Crippen molar-refractivity contribution in [3.05, 3.63) is 36.8 Å². The zero-order chi connectivity index (χ0) is 6.81. The lowest BCUT2D eigenvalue weighted by Crippen LogP contribution is -1.65. The lowest BCUT2D eigenvalue weighted by molar-refractivity contribution is 1.36. The van der Waals surface area contributed by atoms with Gasteiger partial charge in [-0.2, -0.15) is 0 Å². The van der Waals surface area contributed by atoms with Crippen LogP contribution in [0.15, 0.2) is 36.8 Å². The molecule has 0 saturated heterocycles. The van der Waals surface area contributed by atoms with Crippen LogP contribution in [0.1, 0.15) is 1.43 Å². The Balaban J connectivity index is 0.000000605. The lowest BCUT2D eigenvalue weighted by Gasteiger charge is -1.82. The molecule has 0 amide bonds. The van der Waals surface area contributed by atoms with Crippen LogP contribution >= 0.6 is 0 Å². The van der Waals surface area contributed by atoms with Crippen LogP contribution in [0.4, 0.5) is 0 Å². The Hall–Kier alpha value is -1.44. The molecule has 2 nitrogen and oxygen atoms in total. The topological polar surface area (TPSA) is 25.8 Å². The molecule has 0 radical (unpaired) electrons. The van der Waals surface area contributed by atoms with Gasteiger partial charge in [-0.15, -0.1) is 0 Å². The SMILES string of the molecule is [H+].c1cc2ccnc-2ccn1. The van der Waals surface area contributed by atoms with Gasteiger partial charge >= 0.3 is 1.43 Å². The van der Waals surface area contributed by atoms with Crippen molar-refractivity contribution in [1.82, 2.24) is 9.97 Å². The smallest absolute Gasteiger partial charge is 0.265 e. The van der Waals surface area contributed by atoms with Crippen LogP contribution in [-0.4, -0.2) is 9.97 Å². The summed E-state index contributed by atoms with van der Waals surface area (Å²) in [7, 11) is 0. The number of hydrogen-bond acceptors (Lipinski definition) is 2. The molecule has 2 aliphatic heterocycles. The maximum Gasteiger partial charge on any atom is 1.00 e. The van der Waals surface area contributed by atoms with E-state index in [0.717, 1.165) is 11.3 Å². The molecule has 2 aliphatic rings. The molecule has 0 aromatic rings. The summed E-state index contributed by atoms with van der Waals surface area (Å²) in [4.78, 5) is 8.08. The van der Waals surface area contributed by atoms with E-state index in [1.807, 2.05) is 18.2 Å². The van der Waals surface area contributed by atoms with E-state index in [4.69, 9.17) is 0 Å². The first kappa shape index (κ1) is 5.35. The minimum Gasteiger partial charge on any atom is -0.265 e. The van der Waals surface area contributed by atoms with Crippen LogP contribution in [0.25, 0.3) is 11.3 Å². The maximum absolute atomic E-state index is 4.12. The van der Waals surface area contributed by atoms with E-state index in [1.165, 1.54) is 0 Å². The average Bonchev–Trinajstić information content (AvgIpc) is 2.28. The summed E-state index contributed by atoms with van der Waals surface area (Å²) in [5, 5.41) is 0. The van der Waals surface area contributed by atoms with Crippen molar-refractivity contribution in [2.75, 3.05) is 0 Å². The molecule has 0 aliphatic carbocycles. The Labute approximate surface area is 60.4 Å². The van der Waals surface area contributed by atoms with Crippen molar-refractivity contribution < 1.29 is 1.43 Å². The average molecular weight is 131 g/mol. The third-order valence-electron chi connectivity index (χ3n) is 1.42. The van der Waals surface area contributed by atoms with Crippen LogP contribution < -0.4 is 0 Å². The summed E-state index contributed by atoms with van der Waals surface area (Å²) in [6, 6.07) is 5.81. The van der Waals surface area contributed by atoms with Gasteiger partial charge in [0, 0.05) is 24.2 Å². The van der Waals surface area contributed by atoms with Gasteiger partial charge in [-0.05, 0) is 18.2 Å². The minimum atomic E-state index is 0. The molecule has 0 aromatic heterocycles. The van der Waals surface area contributed by atoms with Crippen molar-refractivity contribution in [3.63, 3.8) is 0 Å². The van der Waals surface area contributed by atoms with Gasteiger partial charge < -0.3 is 0 Å². The first-order valence-corrected chi connectivity index (χ1v) is 3.11. The lowest BCUT2D eigenvalue weighted by atomic mass is 10.2. The molecule has 0 fully saturated rings. The zero-order valence-electron chi connectivity index (χ0n) is 6.36. The fourth-order valence-corrected chi connectivity index (χ4v) is 0.925. The predicted molar refractivity (Wildman–Crippen MR) is 39.8 cm³/mol. The monoisotopic (exact) mass is 131 g/mol. The highest BCUT2D eigenvalue weighted by Gasteiger charge is 1.96. The molecule has 0 unspecified atom stereocenters. The third kappa shape index (κ3) is 0.739. The second kappa shape index (κ2) is 2.06. The second-order valence-corrected chi connectivity index (χ2v) is 2.07. The van der Waals surface area contributed by atoms with Crippen LogP contribution in [0.3, 0.4) is 0 Å². The van der Waals surface area contributed by atoms with Crippen LogP contribution in [0.5, 0.6) is 0 Å². The Kier molecular flexibility index (Phi) is 1.10. The molecule has 0 spiro atoms. The molecule has 0 aromatic carbocycles. The molecular formula is C8H7N2+. The molecule has 0 saturated carbocycles. The second-order valence-electron chi connectivity index (χ2n) is 2.07. The van der Waals surface area contributed by atoms with E-state index in [-0.39, 0.29) is 1.43 Å². The third-order valence-corrected chi connectivity index (χ3v) is 1.42. The number of aromatic nitrogens is 2. The van der Waals surface area contributed by atoms with Gasteiger partial charge in [-0.3, -0.25) is 9.97 Å². The van der Waals surface area contributed by atoms with Crippen molar-refractivity contribution >= 4 is 0 Å². The molecule has 48 valence electrons. The minimum absolute atomic E-state index is 0. The van der Waals surface area contributed by atoms with E-state index in [0.29, 0.717) is 0 Å². The Morgan fingerprint density at radius 1 is 1.00 bits per heavy atom. The van der Waals surface area contributed by atoms with Gasteiger partial charge in [0.1, 0.15) is 0 Å². The van der Waals surface area contributed by atoms with Gasteiger partial charge in [-0.25, -0.2) is 0 Å². The number of fused-ring (bicyclic) bond motifs is 1. The van der Waals surface area contributed by atoms with E-state index < -0.39 is 0 Å². The fourth-order valence-electron chi connectivity index (χ4n) is 0.925. The molecule has 0 atom stereocenters. The van der Waals surface area contributed by atoms with Gasteiger partial charge in [0.25, 0.3) is 0 Å². The normalized spacial score (nSPS) is 10.0. The predicted octanol–water partition coefficient (Wildman–Crippen LogP) is 1.69. The molecule has 2 rings (SSSR count). The van der Waals surface area contributed by atoms with Gasteiger partial charge in [0.15, 0.2) is 0 Å². The van der Waals surface area contributed by atoms with Gasteiger partial charge in [0.05, 0.1) is 5.69 Å².